The van der Waals surface area contributed by atoms with Crippen molar-refractivity contribution < 1.29 is 9.53 Å². The third-order valence-corrected chi connectivity index (χ3v) is 5.37. The van der Waals surface area contributed by atoms with Gasteiger partial charge in [-0.1, -0.05) is 29.3 Å². The van der Waals surface area contributed by atoms with Crippen LogP contribution in [0.5, 0.6) is 5.75 Å². The zero-order valence-corrected chi connectivity index (χ0v) is 16.1. The van der Waals surface area contributed by atoms with E-state index in [4.69, 9.17) is 16.3 Å². The van der Waals surface area contributed by atoms with Crippen LogP contribution in [-0.4, -0.2) is 23.5 Å². The van der Waals surface area contributed by atoms with Gasteiger partial charge in [-0.3, -0.25) is 4.79 Å². The molecular formula is C22H23ClN2O2. The van der Waals surface area contributed by atoms with Crippen LogP contribution in [0.25, 0.3) is 10.9 Å². The van der Waals surface area contributed by atoms with Crippen LogP contribution in [-0.2, 0) is 17.6 Å². The van der Waals surface area contributed by atoms with E-state index < -0.39 is 0 Å². The summed E-state index contributed by atoms with van der Waals surface area (Å²) in [4.78, 5) is 15.8. The van der Waals surface area contributed by atoms with Crippen molar-refractivity contribution in [3.63, 3.8) is 0 Å². The summed E-state index contributed by atoms with van der Waals surface area (Å²) in [5, 5.41) is 5.06. The second kappa shape index (κ2) is 7.65. The summed E-state index contributed by atoms with van der Waals surface area (Å²) in [6, 6.07) is 13.9. The average molecular weight is 383 g/mol. The van der Waals surface area contributed by atoms with Crippen molar-refractivity contribution in [2.75, 3.05) is 6.61 Å². The molecule has 0 aliphatic heterocycles. The number of halogens is 1. The van der Waals surface area contributed by atoms with Gasteiger partial charge in [-0.15, -0.1) is 0 Å². The molecule has 4 rings (SSSR count). The highest BCUT2D eigenvalue weighted by atomic mass is 35.5. The number of hydrogen-bond donors (Lipinski definition) is 2. The highest BCUT2D eigenvalue weighted by molar-refractivity contribution is 6.31. The molecule has 1 aromatic heterocycles. The first-order valence-corrected chi connectivity index (χ1v) is 9.74. The number of benzene rings is 2. The van der Waals surface area contributed by atoms with Gasteiger partial charge in [-0.25, -0.2) is 0 Å². The van der Waals surface area contributed by atoms with Crippen LogP contribution in [0.15, 0.2) is 42.5 Å². The highest BCUT2D eigenvalue weighted by Gasteiger charge is 2.23. The Morgan fingerprint density at radius 1 is 1.26 bits per heavy atom. The predicted octanol–water partition coefficient (Wildman–Crippen LogP) is 4.57. The van der Waals surface area contributed by atoms with E-state index in [-0.39, 0.29) is 11.9 Å². The number of amides is 1. The van der Waals surface area contributed by atoms with E-state index in [1.807, 2.05) is 49.4 Å². The molecule has 0 bridgehead atoms. The number of carbonyl (C=O) groups excluding carboxylic acids is 1. The monoisotopic (exact) mass is 382 g/mol. The Morgan fingerprint density at radius 2 is 2.07 bits per heavy atom. The van der Waals surface area contributed by atoms with Crippen molar-refractivity contribution in [2.45, 2.75) is 38.6 Å². The second-order valence-electron chi connectivity index (χ2n) is 7.19. The third-order valence-electron chi connectivity index (χ3n) is 5.13. The Hall–Kier alpha value is -2.46. The summed E-state index contributed by atoms with van der Waals surface area (Å²) in [6.07, 6.45) is 3.07. The SMILES string of the molecule is Cc1ccc(OCCC(=O)NC2CCc3[nH]c4ccc(Cl)cc4c3C2)cc1. The van der Waals surface area contributed by atoms with Gasteiger partial charge >= 0.3 is 0 Å². The zero-order chi connectivity index (χ0) is 18.8. The van der Waals surface area contributed by atoms with Crippen molar-refractivity contribution in [2.24, 2.45) is 0 Å². The first-order valence-electron chi connectivity index (χ1n) is 9.36. The van der Waals surface area contributed by atoms with Crippen LogP contribution in [0.2, 0.25) is 5.02 Å². The normalized spacial score (nSPS) is 16.1. The minimum absolute atomic E-state index is 0.0356. The van der Waals surface area contributed by atoms with Gasteiger partial charge in [0, 0.05) is 27.7 Å². The van der Waals surface area contributed by atoms with Gasteiger partial charge in [0.25, 0.3) is 0 Å². The average Bonchev–Trinajstić information content (AvgIpc) is 3.01. The fraction of sp³-hybridized carbons (Fsp3) is 0.318. The lowest BCUT2D eigenvalue weighted by atomic mass is 9.91. The Balaban J connectivity index is 1.32. The molecule has 1 aliphatic rings. The Bertz CT molecular complexity index is 962. The fourth-order valence-corrected chi connectivity index (χ4v) is 3.88. The summed E-state index contributed by atoms with van der Waals surface area (Å²) >= 11 is 6.16. The number of aromatic amines is 1. The van der Waals surface area contributed by atoms with Crippen molar-refractivity contribution >= 4 is 28.4 Å². The molecule has 27 heavy (non-hydrogen) atoms. The van der Waals surface area contributed by atoms with Crippen LogP contribution in [0, 0.1) is 6.92 Å². The van der Waals surface area contributed by atoms with E-state index in [0.29, 0.717) is 13.0 Å². The molecule has 4 nitrogen and oxygen atoms in total. The summed E-state index contributed by atoms with van der Waals surface area (Å²) in [5.74, 6) is 0.833. The quantitative estimate of drug-likeness (QED) is 0.679. The number of carbonyl (C=O) groups is 1. The number of aryl methyl sites for hydroxylation is 2. The van der Waals surface area contributed by atoms with Crippen LogP contribution < -0.4 is 10.1 Å². The smallest absolute Gasteiger partial charge is 0.223 e. The maximum atomic E-state index is 12.3. The predicted molar refractivity (Wildman–Crippen MR) is 109 cm³/mol. The van der Waals surface area contributed by atoms with E-state index in [1.165, 1.54) is 22.2 Å². The zero-order valence-electron chi connectivity index (χ0n) is 15.3. The van der Waals surface area contributed by atoms with Gasteiger partial charge in [0.1, 0.15) is 5.75 Å². The maximum absolute atomic E-state index is 12.3. The summed E-state index contributed by atoms with van der Waals surface area (Å²) in [6.45, 7) is 2.42. The van der Waals surface area contributed by atoms with Gasteiger partial charge in [-0.2, -0.15) is 0 Å². The number of aromatic nitrogens is 1. The number of nitrogens with one attached hydrogen (secondary N) is 2. The highest BCUT2D eigenvalue weighted by Crippen LogP contribution is 2.31. The molecule has 1 amide bonds. The van der Waals surface area contributed by atoms with Gasteiger partial charge < -0.3 is 15.0 Å². The van der Waals surface area contributed by atoms with E-state index in [9.17, 15) is 4.79 Å². The van der Waals surface area contributed by atoms with Gasteiger partial charge in [0.15, 0.2) is 0 Å². The lowest BCUT2D eigenvalue weighted by molar-refractivity contribution is -0.122. The molecule has 0 saturated heterocycles. The first-order chi connectivity index (χ1) is 13.1. The molecule has 5 heteroatoms. The van der Waals surface area contributed by atoms with Gasteiger partial charge in [-0.05, 0) is 62.1 Å². The summed E-state index contributed by atoms with van der Waals surface area (Å²) in [7, 11) is 0. The van der Waals surface area contributed by atoms with Crippen LogP contribution in [0.4, 0.5) is 0 Å². The molecule has 1 unspecified atom stereocenters. The fourth-order valence-electron chi connectivity index (χ4n) is 3.71. The summed E-state index contributed by atoms with van der Waals surface area (Å²) in [5.41, 5.74) is 4.85. The molecule has 140 valence electrons. The van der Waals surface area contributed by atoms with Gasteiger partial charge in [0.05, 0.1) is 13.0 Å². The molecule has 0 spiro atoms. The molecule has 0 radical (unpaired) electrons. The number of fused-ring (bicyclic) bond motifs is 3. The lowest BCUT2D eigenvalue weighted by Gasteiger charge is -2.23. The van der Waals surface area contributed by atoms with E-state index in [2.05, 4.69) is 10.3 Å². The first kappa shape index (κ1) is 17.9. The number of H-pyrrole nitrogens is 1. The van der Waals surface area contributed by atoms with Crippen LogP contribution in [0.1, 0.15) is 29.7 Å². The topological polar surface area (TPSA) is 54.1 Å². The van der Waals surface area contributed by atoms with Crippen molar-refractivity contribution in [3.8, 4) is 5.75 Å². The second-order valence-corrected chi connectivity index (χ2v) is 7.63. The standard InChI is InChI=1S/C22H23ClN2O2/c1-14-2-6-17(7-3-14)27-11-10-22(26)24-16-5-9-21-19(13-16)18-12-15(23)4-8-20(18)25-21/h2-4,6-8,12,16,25H,5,9-11,13H2,1H3,(H,24,26). The van der Waals surface area contributed by atoms with E-state index in [1.54, 1.807) is 0 Å². The van der Waals surface area contributed by atoms with E-state index in [0.717, 1.165) is 35.6 Å². The molecule has 3 aromatic rings. The van der Waals surface area contributed by atoms with Crippen molar-refractivity contribution in [1.29, 1.82) is 0 Å². The van der Waals surface area contributed by atoms with E-state index >= 15 is 0 Å². The Morgan fingerprint density at radius 3 is 2.89 bits per heavy atom. The summed E-state index contributed by atoms with van der Waals surface area (Å²) < 4.78 is 5.66. The minimum atomic E-state index is 0.0356. The number of ether oxygens (including phenoxy) is 1. The Kier molecular flexibility index (Phi) is 5.08. The molecular weight excluding hydrogens is 360 g/mol. The van der Waals surface area contributed by atoms with Crippen LogP contribution >= 0.6 is 11.6 Å². The molecule has 1 atom stereocenters. The largest absolute Gasteiger partial charge is 0.493 e. The minimum Gasteiger partial charge on any atom is -0.493 e. The van der Waals surface area contributed by atoms with Gasteiger partial charge in [0.2, 0.25) is 5.91 Å². The molecule has 0 saturated carbocycles. The van der Waals surface area contributed by atoms with Crippen LogP contribution in [0.3, 0.4) is 0 Å². The Labute approximate surface area is 163 Å². The number of rotatable bonds is 5. The molecule has 2 aromatic carbocycles. The van der Waals surface area contributed by atoms with Crippen molar-refractivity contribution in [1.82, 2.24) is 10.3 Å². The molecule has 2 N–H and O–H groups in total. The molecule has 0 fully saturated rings. The molecule has 1 heterocycles. The number of hydrogen-bond acceptors (Lipinski definition) is 2. The molecule has 1 aliphatic carbocycles. The lowest BCUT2D eigenvalue weighted by Crippen LogP contribution is -2.39. The van der Waals surface area contributed by atoms with Crippen molar-refractivity contribution in [3.05, 3.63) is 64.3 Å². The maximum Gasteiger partial charge on any atom is 0.223 e. The third kappa shape index (κ3) is 4.11.